The summed E-state index contributed by atoms with van der Waals surface area (Å²) in [4.78, 5) is 8.24. The number of nitrogens with zero attached hydrogens (tertiary/aromatic N) is 6. The molecule has 0 amide bonds. The van der Waals surface area contributed by atoms with Crippen molar-refractivity contribution in [1.29, 1.82) is 0 Å². The average molecular weight is 329 g/mol. The first kappa shape index (κ1) is 11.8. The molecule has 8 nitrogen and oxygen atoms in total. The molecule has 0 saturated heterocycles. The van der Waals surface area contributed by atoms with E-state index in [1.807, 2.05) is 4.68 Å². The van der Waals surface area contributed by atoms with Crippen molar-refractivity contribution in [2.45, 2.75) is 29.1 Å². The topological polar surface area (TPSA) is 107 Å². The molecule has 3 N–H and O–H groups in total. The Kier molecular flexibility index (Phi) is 3.14. The summed E-state index contributed by atoms with van der Waals surface area (Å²) in [5.41, 5.74) is 2.41. The molecule has 3 rings (SSSR count). The SMILES string of the molecule is NNc1ncc(Br)c(Sc2nnnn2C2CC2)n1. The number of nitrogens with one attached hydrogen (secondary N) is 1. The summed E-state index contributed by atoms with van der Waals surface area (Å²) in [6, 6.07) is 0.426. The Labute approximate surface area is 115 Å². The number of nitrogens with two attached hydrogens (primary N) is 1. The summed E-state index contributed by atoms with van der Waals surface area (Å²) < 4.78 is 2.60. The lowest BCUT2D eigenvalue weighted by molar-refractivity contribution is 0.565. The standard InChI is InChI=1S/C8H9BrN8S/c9-5-3-11-7(13-10)12-6(5)18-8-14-15-16-17(8)4-1-2-4/h3-4H,1-2,10H2,(H,11,12,13). The Hall–Kier alpha value is -1.26. The van der Waals surface area contributed by atoms with Crippen LogP contribution in [-0.4, -0.2) is 30.2 Å². The molecule has 1 saturated carbocycles. The first-order chi connectivity index (χ1) is 8.78. The Morgan fingerprint density at radius 3 is 3.06 bits per heavy atom. The second-order valence-electron chi connectivity index (χ2n) is 3.73. The number of nitrogen functional groups attached to an aromatic ring is 1. The van der Waals surface area contributed by atoms with E-state index in [-0.39, 0.29) is 0 Å². The van der Waals surface area contributed by atoms with E-state index < -0.39 is 0 Å². The largest absolute Gasteiger partial charge is 0.292 e. The highest BCUT2D eigenvalue weighted by atomic mass is 79.9. The third-order valence-electron chi connectivity index (χ3n) is 2.38. The van der Waals surface area contributed by atoms with Gasteiger partial charge in [-0.3, -0.25) is 5.43 Å². The van der Waals surface area contributed by atoms with Crippen molar-refractivity contribution in [1.82, 2.24) is 30.2 Å². The van der Waals surface area contributed by atoms with Gasteiger partial charge in [-0.1, -0.05) is 0 Å². The van der Waals surface area contributed by atoms with Crippen LogP contribution in [0, 0.1) is 0 Å². The first-order valence-electron chi connectivity index (χ1n) is 5.23. The molecule has 0 aliphatic heterocycles. The molecule has 2 aromatic rings. The molecule has 1 aliphatic carbocycles. The van der Waals surface area contributed by atoms with E-state index in [0.29, 0.717) is 12.0 Å². The highest BCUT2D eigenvalue weighted by molar-refractivity contribution is 9.10. The minimum Gasteiger partial charge on any atom is -0.292 e. The summed E-state index contributed by atoms with van der Waals surface area (Å²) >= 11 is 4.77. The Bertz CT molecular complexity index is 568. The number of aromatic nitrogens is 6. The van der Waals surface area contributed by atoms with E-state index in [2.05, 4.69) is 46.8 Å². The predicted octanol–water partition coefficient (Wildman–Crippen LogP) is 0.997. The molecule has 94 valence electrons. The number of halogens is 1. The van der Waals surface area contributed by atoms with Crippen LogP contribution >= 0.6 is 27.7 Å². The van der Waals surface area contributed by atoms with E-state index >= 15 is 0 Å². The van der Waals surface area contributed by atoms with Crippen molar-refractivity contribution in [3.8, 4) is 0 Å². The van der Waals surface area contributed by atoms with E-state index in [1.54, 1.807) is 6.20 Å². The van der Waals surface area contributed by atoms with Crippen LogP contribution in [0.2, 0.25) is 0 Å². The fraction of sp³-hybridized carbons (Fsp3) is 0.375. The number of tetrazole rings is 1. The molecule has 1 fully saturated rings. The molecule has 0 spiro atoms. The Balaban J connectivity index is 1.89. The summed E-state index contributed by atoms with van der Waals surface area (Å²) in [7, 11) is 0. The summed E-state index contributed by atoms with van der Waals surface area (Å²) in [5, 5.41) is 13.1. The van der Waals surface area contributed by atoms with Gasteiger partial charge in [0.15, 0.2) is 0 Å². The maximum absolute atomic E-state index is 5.29. The van der Waals surface area contributed by atoms with E-state index in [9.17, 15) is 0 Å². The van der Waals surface area contributed by atoms with Gasteiger partial charge in [-0.25, -0.2) is 20.5 Å². The molecule has 0 unspecified atom stereocenters. The lowest BCUT2D eigenvalue weighted by atomic mass is 10.7. The lowest BCUT2D eigenvalue weighted by Crippen LogP contribution is -2.10. The van der Waals surface area contributed by atoms with Crippen LogP contribution in [0.25, 0.3) is 0 Å². The van der Waals surface area contributed by atoms with Crippen LogP contribution in [0.15, 0.2) is 20.9 Å². The van der Waals surface area contributed by atoms with Gasteiger partial charge in [0, 0.05) is 6.20 Å². The van der Waals surface area contributed by atoms with E-state index in [4.69, 9.17) is 5.84 Å². The average Bonchev–Trinajstić information content (AvgIpc) is 3.13. The summed E-state index contributed by atoms with van der Waals surface area (Å²) in [6.07, 6.45) is 3.88. The van der Waals surface area contributed by atoms with Crippen molar-refractivity contribution in [3.05, 3.63) is 10.7 Å². The second-order valence-corrected chi connectivity index (χ2v) is 5.54. The van der Waals surface area contributed by atoms with Crippen molar-refractivity contribution in [2.75, 3.05) is 5.43 Å². The van der Waals surface area contributed by atoms with Crippen molar-refractivity contribution < 1.29 is 0 Å². The van der Waals surface area contributed by atoms with Gasteiger partial charge in [-0.2, -0.15) is 0 Å². The molecule has 0 radical (unpaired) electrons. The molecular weight excluding hydrogens is 320 g/mol. The van der Waals surface area contributed by atoms with Crippen LogP contribution < -0.4 is 11.3 Å². The maximum atomic E-state index is 5.29. The minimum absolute atomic E-state index is 0.353. The molecule has 0 bridgehead atoms. The number of hydrogen-bond acceptors (Lipinski definition) is 8. The number of anilines is 1. The monoisotopic (exact) mass is 328 g/mol. The molecule has 2 heterocycles. The smallest absolute Gasteiger partial charge is 0.238 e. The summed E-state index contributed by atoms with van der Waals surface area (Å²) in [5.74, 6) is 5.64. The lowest BCUT2D eigenvalue weighted by Gasteiger charge is -2.05. The predicted molar refractivity (Wildman–Crippen MR) is 67.8 cm³/mol. The highest BCUT2D eigenvalue weighted by Crippen LogP contribution is 2.38. The zero-order valence-corrected chi connectivity index (χ0v) is 11.5. The molecule has 0 atom stereocenters. The number of hydrogen-bond donors (Lipinski definition) is 2. The van der Waals surface area contributed by atoms with Crippen LogP contribution in [0.3, 0.4) is 0 Å². The van der Waals surface area contributed by atoms with Crippen molar-refractivity contribution in [2.24, 2.45) is 5.84 Å². The zero-order chi connectivity index (χ0) is 12.5. The molecule has 1 aliphatic rings. The highest BCUT2D eigenvalue weighted by Gasteiger charge is 2.28. The zero-order valence-electron chi connectivity index (χ0n) is 9.12. The van der Waals surface area contributed by atoms with Crippen LogP contribution in [0.4, 0.5) is 5.95 Å². The molecule has 2 aromatic heterocycles. The minimum atomic E-state index is 0.353. The van der Waals surface area contributed by atoms with Crippen LogP contribution in [0.1, 0.15) is 18.9 Å². The fourth-order valence-corrected chi connectivity index (χ4v) is 2.63. The van der Waals surface area contributed by atoms with E-state index in [0.717, 1.165) is 27.5 Å². The normalized spacial score (nSPS) is 14.8. The quantitative estimate of drug-likeness (QED) is 0.486. The van der Waals surface area contributed by atoms with Gasteiger partial charge >= 0.3 is 0 Å². The number of rotatable bonds is 4. The molecule has 10 heteroatoms. The maximum Gasteiger partial charge on any atom is 0.238 e. The van der Waals surface area contributed by atoms with E-state index in [1.165, 1.54) is 11.8 Å². The van der Waals surface area contributed by atoms with Crippen LogP contribution in [-0.2, 0) is 0 Å². The van der Waals surface area contributed by atoms with Crippen molar-refractivity contribution in [3.63, 3.8) is 0 Å². The fourth-order valence-electron chi connectivity index (χ4n) is 1.38. The molecule has 0 aromatic carbocycles. The first-order valence-corrected chi connectivity index (χ1v) is 6.84. The number of hydrazine groups is 1. The molecular formula is C8H9BrN8S. The van der Waals surface area contributed by atoms with Gasteiger partial charge in [0.05, 0.1) is 10.5 Å². The Morgan fingerprint density at radius 2 is 2.33 bits per heavy atom. The Morgan fingerprint density at radius 1 is 1.50 bits per heavy atom. The molecule has 18 heavy (non-hydrogen) atoms. The van der Waals surface area contributed by atoms with Crippen molar-refractivity contribution >= 4 is 33.6 Å². The van der Waals surface area contributed by atoms with Gasteiger partial charge in [0.25, 0.3) is 0 Å². The van der Waals surface area contributed by atoms with Gasteiger partial charge in [0.1, 0.15) is 5.03 Å². The third kappa shape index (κ3) is 2.31. The second kappa shape index (κ2) is 4.78. The van der Waals surface area contributed by atoms with Gasteiger partial charge < -0.3 is 0 Å². The van der Waals surface area contributed by atoms with Gasteiger partial charge in [-0.05, 0) is 51.0 Å². The summed E-state index contributed by atoms with van der Waals surface area (Å²) in [6.45, 7) is 0. The van der Waals surface area contributed by atoms with Crippen LogP contribution in [0.5, 0.6) is 0 Å². The van der Waals surface area contributed by atoms with Gasteiger partial charge in [-0.15, -0.1) is 5.10 Å². The third-order valence-corrected chi connectivity index (χ3v) is 4.18. The van der Waals surface area contributed by atoms with Gasteiger partial charge in [0.2, 0.25) is 11.1 Å².